The highest BCUT2D eigenvalue weighted by atomic mass is 16.5. The number of benzene rings is 3. The first kappa shape index (κ1) is 26.6. The fraction of sp³-hybridized carbons (Fsp3) is 0.267. The Morgan fingerprint density at radius 1 is 0.974 bits per heavy atom. The average molecular weight is 516 g/mol. The van der Waals surface area contributed by atoms with Crippen molar-refractivity contribution in [2.45, 2.75) is 39.5 Å². The largest absolute Gasteiger partial charge is 0.504 e. The van der Waals surface area contributed by atoms with E-state index in [4.69, 9.17) is 14.2 Å². The summed E-state index contributed by atoms with van der Waals surface area (Å²) in [6.45, 7) is 6.53. The molecule has 3 aromatic carbocycles. The molecular weight excluding hydrogens is 482 g/mol. The lowest BCUT2D eigenvalue weighted by Gasteiger charge is -2.22. The molecule has 0 aliphatic rings. The summed E-state index contributed by atoms with van der Waals surface area (Å²) >= 11 is 0. The zero-order chi connectivity index (χ0) is 27.1. The van der Waals surface area contributed by atoms with Crippen LogP contribution >= 0.6 is 0 Å². The van der Waals surface area contributed by atoms with Gasteiger partial charge in [0.15, 0.2) is 23.0 Å². The number of pyridine rings is 1. The quantitative estimate of drug-likeness (QED) is 0.239. The second-order valence-corrected chi connectivity index (χ2v) is 9.04. The van der Waals surface area contributed by atoms with Gasteiger partial charge in [0.05, 0.1) is 19.8 Å². The van der Waals surface area contributed by atoms with E-state index in [1.165, 1.54) is 7.11 Å². The van der Waals surface area contributed by atoms with Crippen LogP contribution in [0.1, 0.15) is 37.9 Å². The lowest BCUT2D eigenvalue weighted by Crippen LogP contribution is -2.33. The van der Waals surface area contributed by atoms with Crippen LogP contribution in [0.3, 0.4) is 0 Å². The number of hydrogen-bond acceptors (Lipinski definition) is 7. The third kappa shape index (κ3) is 6.45. The molecule has 0 aliphatic carbocycles. The van der Waals surface area contributed by atoms with Crippen molar-refractivity contribution >= 4 is 22.4 Å². The maximum atomic E-state index is 13.6. The van der Waals surface area contributed by atoms with E-state index in [-0.39, 0.29) is 24.3 Å². The van der Waals surface area contributed by atoms with Crippen LogP contribution in [0.5, 0.6) is 23.0 Å². The number of hydrogen-bond donors (Lipinski definition) is 3. The highest BCUT2D eigenvalue weighted by molar-refractivity contribution is 5.89. The Balaban J connectivity index is 1.65. The zero-order valence-corrected chi connectivity index (χ0v) is 22.0. The maximum absolute atomic E-state index is 13.6. The molecule has 4 rings (SSSR count). The summed E-state index contributed by atoms with van der Waals surface area (Å²) in [5.41, 5.74) is 2.30. The number of phenolic OH excluding ortho intramolecular Hbond substituents is 1. The van der Waals surface area contributed by atoms with Gasteiger partial charge in [-0.05, 0) is 79.7 Å². The van der Waals surface area contributed by atoms with Crippen LogP contribution in [0.15, 0.2) is 73.1 Å². The van der Waals surface area contributed by atoms with Gasteiger partial charge in [-0.15, -0.1) is 0 Å². The van der Waals surface area contributed by atoms with E-state index >= 15 is 0 Å². The number of amides is 1. The molecule has 4 aromatic rings. The Labute approximate surface area is 222 Å². The molecule has 1 unspecified atom stereocenters. The van der Waals surface area contributed by atoms with Gasteiger partial charge in [0.2, 0.25) is 5.91 Å². The third-order valence-electron chi connectivity index (χ3n) is 5.89. The van der Waals surface area contributed by atoms with Crippen LogP contribution in [0.25, 0.3) is 10.8 Å². The molecular formula is C30H33N3O5. The van der Waals surface area contributed by atoms with E-state index in [2.05, 4.69) is 15.6 Å². The van der Waals surface area contributed by atoms with Crippen LogP contribution in [-0.4, -0.2) is 35.8 Å². The number of phenols is 1. The number of fused-ring (bicyclic) bond motifs is 1. The van der Waals surface area contributed by atoms with Crippen molar-refractivity contribution in [2.75, 3.05) is 19.0 Å². The van der Waals surface area contributed by atoms with Crippen molar-refractivity contribution in [1.29, 1.82) is 0 Å². The van der Waals surface area contributed by atoms with Gasteiger partial charge in [-0.3, -0.25) is 9.78 Å². The van der Waals surface area contributed by atoms with Gasteiger partial charge >= 0.3 is 0 Å². The van der Waals surface area contributed by atoms with Crippen LogP contribution in [0, 0.1) is 0 Å². The van der Waals surface area contributed by atoms with Gasteiger partial charge in [0, 0.05) is 30.0 Å². The molecule has 1 heterocycles. The molecule has 8 nitrogen and oxygen atoms in total. The van der Waals surface area contributed by atoms with E-state index in [1.807, 2.05) is 63.2 Å². The van der Waals surface area contributed by atoms with E-state index in [9.17, 15) is 9.90 Å². The van der Waals surface area contributed by atoms with E-state index in [0.717, 1.165) is 27.6 Å². The number of anilines is 1. The van der Waals surface area contributed by atoms with Gasteiger partial charge in [-0.2, -0.15) is 0 Å². The van der Waals surface area contributed by atoms with Crippen molar-refractivity contribution in [2.24, 2.45) is 0 Å². The monoisotopic (exact) mass is 515 g/mol. The van der Waals surface area contributed by atoms with Crippen LogP contribution in [0.4, 0.5) is 5.69 Å². The van der Waals surface area contributed by atoms with Crippen molar-refractivity contribution in [3.63, 3.8) is 0 Å². The molecule has 0 radical (unpaired) electrons. The second kappa shape index (κ2) is 12.2. The predicted octanol–water partition coefficient (Wildman–Crippen LogP) is 5.60. The van der Waals surface area contributed by atoms with Crippen molar-refractivity contribution in [3.05, 3.63) is 84.2 Å². The number of ether oxygens (including phenoxy) is 3. The highest BCUT2D eigenvalue weighted by Crippen LogP contribution is 2.33. The lowest BCUT2D eigenvalue weighted by atomic mass is 10.0. The first-order valence-electron chi connectivity index (χ1n) is 12.5. The number of nitrogens with zero attached hydrogens (tertiary/aromatic N) is 1. The van der Waals surface area contributed by atoms with Crippen LogP contribution in [-0.2, 0) is 11.3 Å². The molecule has 198 valence electrons. The summed E-state index contributed by atoms with van der Waals surface area (Å²) < 4.78 is 17.0. The summed E-state index contributed by atoms with van der Waals surface area (Å²) in [4.78, 5) is 17.8. The Hall–Kier alpha value is -4.46. The summed E-state index contributed by atoms with van der Waals surface area (Å²) in [6.07, 6.45) is 3.52. The van der Waals surface area contributed by atoms with Crippen molar-refractivity contribution < 1.29 is 24.1 Å². The fourth-order valence-corrected chi connectivity index (χ4v) is 4.09. The second-order valence-electron chi connectivity index (χ2n) is 9.04. The van der Waals surface area contributed by atoms with Gasteiger partial charge in [-0.25, -0.2) is 0 Å². The summed E-state index contributed by atoms with van der Waals surface area (Å²) in [6, 6.07) is 17.6. The average Bonchev–Trinajstić information content (AvgIpc) is 2.92. The minimum atomic E-state index is -0.722. The highest BCUT2D eigenvalue weighted by Gasteiger charge is 2.23. The fourth-order valence-electron chi connectivity index (χ4n) is 4.09. The Morgan fingerprint density at radius 3 is 2.58 bits per heavy atom. The predicted molar refractivity (Wildman–Crippen MR) is 148 cm³/mol. The maximum Gasteiger partial charge on any atom is 0.247 e. The van der Waals surface area contributed by atoms with E-state index in [0.29, 0.717) is 23.9 Å². The summed E-state index contributed by atoms with van der Waals surface area (Å²) in [5.74, 6) is 1.36. The molecule has 0 fully saturated rings. The number of carbonyl (C=O) groups is 1. The van der Waals surface area contributed by atoms with Crippen molar-refractivity contribution in [1.82, 2.24) is 10.3 Å². The Kier molecular flexibility index (Phi) is 8.53. The first-order valence-corrected chi connectivity index (χ1v) is 12.5. The number of aromatic hydroxyl groups is 1. The van der Waals surface area contributed by atoms with E-state index < -0.39 is 6.04 Å². The number of methoxy groups -OCH3 is 1. The third-order valence-corrected chi connectivity index (χ3v) is 5.89. The molecule has 0 spiro atoms. The molecule has 1 aromatic heterocycles. The number of nitrogens with one attached hydrogen (secondary N) is 2. The standard InChI is InChI=1S/C30H33N3O5/c1-5-37-28-16-22(8-11-26(28)38-19(2)3)29(33-24-9-7-23-18-31-13-12-21(23)15-24)30(35)32-17-20-6-10-25(34)27(14-20)36-4/h6-16,18-19,29,33-34H,5,17H2,1-4H3,(H,32,35). The molecule has 8 heteroatoms. The van der Waals surface area contributed by atoms with Gasteiger partial charge in [0.1, 0.15) is 6.04 Å². The summed E-state index contributed by atoms with van der Waals surface area (Å²) in [5, 5.41) is 18.3. The van der Waals surface area contributed by atoms with Gasteiger partial charge in [0.25, 0.3) is 0 Å². The van der Waals surface area contributed by atoms with Gasteiger partial charge < -0.3 is 30.0 Å². The van der Waals surface area contributed by atoms with E-state index in [1.54, 1.807) is 30.6 Å². The van der Waals surface area contributed by atoms with Gasteiger partial charge in [-0.1, -0.05) is 18.2 Å². The number of carbonyl (C=O) groups excluding carboxylic acids is 1. The minimum absolute atomic E-state index is 0.0216. The smallest absolute Gasteiger partial charge is 0.247 e. The molecule has 0 saturated heterocycles. The van der Waals surface area contributed by atoms with Crippen LogP contribution < -0.4 is 24.8 Å². The van der Waals surface area contributed by atoms with Crippen LogP contribution in [0.2, 0.25) is 0 Å². The molecule has 1 atom stereocenters. The zero-order valence-electron chi connectivity index (χ0n) is 22.0. The van der Waals surface area contributed by atoms with Crippen molar-refractivity contribution in [3.8, 4) is 23.0 Å². The minimum Gasteiger partial charge on any atom is -0.504 e. The normalized spacial score (nSPS) is 11.7. The molecule has 0 aliphatic heterocycles. The SMILES string of the molecule is CCOc1cc(C(Nc2ccc3cnccc3c2)C(=O)NCc2ccc(O)c(OC)c2)ccc1OC(C)C. The Bertz CT molecular complexity index is 1410. The molecule has 3 N–H and O–H groups in total. The summed E-state index contributed by atoms with van der Waals surface area (Å²) in [7, 11) is 1.49. The number of rotatable bonds is 11. The number of aromatic nitrogens is 1. The Morgan fingerprint density at radius 2 is 1.82 bits per heavy atom. The molecule has 0 saturated carbocycles. The first-order chi connectivity index (χ1) is 18.4. The molecule has 1 amide bonds. The molecule has 0 bridgehead atoms. The molecule has 38 heavy (non-hydrogen) atoms. The lowest BCUT2D eigenvalue weighted by molar-refractivity contribution is -0.122. The topological polar surface area (TPSA) is 102 Å².